The number of carbonyl (C=O) groups is 1. The van der Waals surface area contributed by atoms with Crippen LogP contribution in [0.15, 0.2) is 23.3 Å². The van der Waals surface area contributed by atoms with Crippen molar-refractivity contribution >= 4 is 12.2 Å². The van der Waals surface area contributed by atoms with Crippen LogP contribution in [0.25, 0.3) is 0 Å². The number of benzene rings is 1. The summed E-state index contributed by atoms with van der Waals surface area (Å²) >= 11 is 0. The lowest BCUT2D eigenvalue weighted by Crippen LogP contribution is -2.24. The molecule has 6 nitrogen and oxygen atoms in total. The summed E-state index contributed by atoms with van der Waals surface area (Å²) in [5, 5.41) is 3.69. The second kappa shape index (κ2) is 7.16. The Bertz CT molecular complexity index is 433. The number of rotatable bonds is 6. The highest BCUT2D eigenvalue weighted by atomic mass is 16.5. The summed E-state index contributed by atoms with van der Waals surface area (Å²) in [5.41, 5.74) is 7.76. The van der Waals surface area contributed by atoms with E-state index >= 15 is 0 Å². The van der Waals surface area contributed by atoms with Crippen molar-refractivity contribution in [3.63, 3.8) is 0 Å². The zero-order valence-electron chi connectivity index (χ0n) is 10.5. The van der Waals surface area contributed by atoms with E-state index in [0.717, 1.165) is 11.3 Å². The number of nitrogens with one attached hydrogen (secondary N) is 1. The standard InChI is InChI=1S/C12H17N3O3/c1-3-17-10-6-5-9(8-14-15-12(13)16)11(7-10)18-4-2/h5-8H,3-4H2,1-2H3,(H3,13,15,16)/b14-8+. The lowest BCUT2D eigenvalue weighted by Gasteiger charge is -2.09. The molecule has 0 aliphatic carbocycles. The van der Waals surface area contributed by atoms with Crippen molar-refractivity contribution in [1.82, 2.24) is 5.43 Å². The van der Waals surface area contributed by atoms with Crippen molar-refractivity contribution in [2.24, 2.45) is 10.8 Å². The second-order valence-electron chi connectivity index (χ2n) is 3.30. The number of nitrogens with zero attached hydrogens (tertiary/aromatic N) is 1. The van der Waals surface area contributed by atoms with Gasteiger partial charge in [-0.2, -0.15) is 5.10 Å². The average molecular weight is 251 g/mol. The van der Waals surface area contributed by atoms with Gasteiger partial charge >= 0.3 is 6.03 Å². The third-order valence-electron chi connectivity index (χ3n) is 1.97. The minimum absolute atomic E-state index is 0.527. The fourth-order valence-corrected chi connectivity index (χ4v) is 1.32. The SMILES string of the molecule is CCOc1ccc(/C=N/NC(N)=O)c(OCC)c1. The van der Waals surface area contributed by atoms with E-state index in [4.69, 9.17) is 15.2 Å². The number of hydrogen-bond donors (Lipinski definition) is 2. The topological polar surface area (TPSA) is 85.9 Å². The van der Waals surface area contributed by atoms with Crippen LogP contribution in [-0.2, 0) is 0 Å². The van der Waals surface area contributed by atoms with Gasteiger partial charge in [-0.25, -0.2) is 10.2 Å². The van der Waals surface area contributed by atoms with Crippen molar-refractivity contribution in [2.75, 3.05) is 13.2 Å². The Balaban J connectivity index is 2.88. The van der Waals surface area contributed by atoms with Crippen molar-refractivity contribution in [1.29, 1.82) is 0 Å². The van der Waals surface area contributed by atoms with Gasteiger partial charge in [0.05, 0.1) is 19.4 Å². The predicted molar refractivity (Wildman–Crippen MR) is 69.1 cm³/mol. The van der Waals surface area contributed by atoms with Crippen molar-refractivity contribution in [3.05, 3.63) is 23.8 Å². The van der Waals surface area contributed by atoms with Gasteiger partial charge in [0.15, 0.2) is 0 Å². The summed E-state index contributed by atoms with van der Waals surface area (Å²) in [6.07, 6.45) is 1.46. The molecule has 6 heteroatoms. The monoisotopic (exact) mass is 251 g/mol. The predicted octanol–water partition coefficient (Wildman–Crippen LogP) is 1.49. The molecule has 98 valence electrons. The Morgan fingerprint density at radius 2 is 2.11 bits per heavy atom. The largest absolute Gasteiger partial charge is 0.494 e. The number of carbonyl (C=O) groups excluding carboxylic acids is 1. The molecule has 0 atom stereocenters. The van der Waals surface area contributed by atoms with E-state index in [0.29, 0.717) is 19.0 Å². The van der Waals surface area contributed by atoms with Gasteiger partial charge in [0.2, 0.25) is 0 Å². The number of ether oxygens (including phenoxy) is 2. The second-order valence-corrected chi connectivity index (χ2v) is 3.30. The fourth-order valence-electron chi connectivity index (χ4n) is 1.32. The number of nitrogens with two attached hydrogens (primary N) is 1. The van der Waals surface area contributed by atoms with E-state index in [1.807, 2.05) is 13.8 Å². The first kappa shape index (κ1) is 13.8. The quantitative estimate of drug-likeness (QED) is 0.593. The van der Waals surface area contributed by atoms with E-state index < -0.39 is 6.03 Å². The molecule has 1 rings (SSSR count). The maximum Gasteiger partial charge on any atom is 0.332 e. The van der Waals surface area contributed by atoms with Gasteiger partial charge in [-0.1, -0.05) is 0 Å². The van der Waals surface area contributed by atoms with Crippen LogP contribution >= 0.6 is 0 Å². The first-order chi connectivity index (χ1) is 8.67. The maximum atomic E-state index is 10.5. The molecule has 0 radical (unpaired) electrons. The molecular formula is C12H17N3O3. The third kappa shape index (κ3) is 4.32. The van der Waals surface area contributed by atoms with Crippen molar-refractivity contribution < 1.29 is 14.3 Å². The molecule has 0 fully saturated rings. The van der Waals surface area contributed by atoms with E-state index in [1.54, 1.807) is 18.2 Å². The summed E-state index contributed by atoms with van der Waals surface area (Å²) in [7, 11) is 0. The molecule has 0 spiro atoms. The van der Waals surface area contributed by atoms with E-state index in [2.05, 4.69) is 10.5 Å². The van der Waals surface area contributed by atoms with Crippen LogP contribution in [0, 0.1) is 0 Å². The Morgan fingerprint density at radius 3 is 2.72 bits per heavy atom. The van der Waals surface area contributed by atoms with Gasteiger partial charge in [-0.05, 0) is 26.0 Å². The lowest BCUT2D eigenvalue weighted by atomic mass is 10.2. The number of amides is 2. The molecule has 3 N–H and O–H groups in total. The van der Waals surface area contributed by atoms with Crippen LogP contribution in [0.5, 0.6) is 11.5 Å². The van der Waals surface area contributed by atoms with Gasteiger partial charge in [0.1, 0.15) is 11.5 Å². The zero-order chi connectivity index (χ0) is 13.4. The molecule has 0 aliphatic heterocycles. The smallest absolute Gasteiger partial charge is 0.332 e. The average Bonchev–Trinajstić information content (AvgIpc) is 2.32. The highest BCUT2D eigenvalue weighted by Gasteiger charge is 2.04. The van der Waals surface area contributed by atoms with Crippen LogP contribution in [0.3, 0.4) is 0 Å². The van der Waals surface area contributed by atoms with Gasteiger partial charge in [0, 0.05) is 11.6 Å². The van der Waals surface area contributed by atoms with Crippen LogP contribution in [0.2, 0.25) is 0 Å². The summed E-state index contributed by atoms with van der Waals surface area (Å²) in [6.45, 7) is 4.91. The number of urea groups is 1. The summed E-state index contributed by atoms with van der Waals surface area (Å²) < 4.78 is 10.8. The number of hydrazone groups is 1. The highest BCUT2D eigenvalue weighted by Crippen LogP contribution is 2.23. The Kier molecular flexibility index (Phi) is 5.50. The van der Waals surface area contributed by atoms with Crippen LogP contribution in [0.1, 0.15) is 19.4 Å². The molecule has 2 amide bonds. The molecule has 0 bridgehead atoms. The van der Waals surface area contributed by atoms with E-state index in [9.17, 15) is 4.79 Å². The normalized spacial score (nSPS) is 10.3. The Hall–Kier alpha value is -2.24. The Morgan fingerprint density at radius 1 is 1.39 bits per heavy atom. The first-order valence-corrected chi connectivity index (χ1v) is 5.65. The molecule has 0 heterocycles. The first-order valence-electron chi connectivity index (χ1n) is 5.65. The van der Waals surface area contributed by atoms with Crippen LogP contribution < -0.4 is 20.6 Å². The van der Waals surface area contributed by atoms with Gasteiger partial charge in [-0.15, -0.1) is 0 Å². The molecule has 0 saturated heterocycles. The number of primary amides is 1. The van der Waals surface area contributed by atoms with E-state index in [1.165, 1.54) is 6.21 Å². The van der Waals surface area contributed by atoms with Crippen LogP contribution in [0.4, 0.5) is 4.79 Å². The van der Waals surface area contributed by atoms with Crippen molar-refractivity contribution in [3.8, 4) is 11.5 Å². The molecule has 1 aromatic rings. The van der Waals surface area contributed by atoms with Crippen molar-refractivity contribution in [2.45, 2.75) is 13.8 Å². The molecule has 18 heavy (non-hydrogen) atoms. The van der Waals surface area contributed by atoms with Gasteiger partial charge in [-0.3, -0.25) is 0 Å². The third-order valence-corrected chi connectivity index (χ3v) is 1.97. The minimum atomic E-state index is -0.713. The fraction of sp³-hybridized carbons (Fsp3) is 0.333. The lowest BCUT2D eigenvalue weighted by molar-refractivity contribution is 0.249. The molecule has 0 aliphatic rings. The molecular weight excluding hydrogens is 234 g/mol. The minimum Gasteiger partial charge on any atom is -0.494 e. The highest BCUT2D eigenvalue weighted by molar-refractivity contribution is 5.85. The summed E-state index contributed by atoms with van der Waals surface area (Å²) in [6, 6.07) is 4.66. The molecule has 1 aromatic carbocycles. The maximum absolute atomic E-state index is 10.5. The zero-order valence-corrected chi connectivity index (χ0v) is 10.5. The summed E-state index contributed by atoms with van der Waals surface area (Å²) in [4.78, 5) is 10.5. The molecule has 0 aromatic heterocycles. The van der Waals surface area contributed by atoms with E-state index in [-0.39, 0.29) is 0 Å². The molecule has 0 unspecified atom stereocenters. The van der Waals surface area contributed by atoms with Gasteiger partial charge < -0.3 is 15.2 Å². The summed E-state index contributed by atoms with van der Waals surface area (Å²) in [5.74, 6) is 1.36. The number of hydrogen-bond acceptors (Lipinski definition) is 4. The Labute approximate surface area is 106 Å². The van der Waals surface area contributed by atoms with Crippen LogP contribution in [-0.4, -0.2) is 25.5 Å². The molecule has 0 saturated carbocycles. The van der Waals surface area contributed by atoms with Gasteiger partial charge in [0.25, 0.3) is 0 Å².